The van der Waals surface area contributed by atoms with Crippen LogP contribution in [0.5, 0.6) is 0 Å². The average Bonchev–Trinajstić information content (AvgIpc) is 2.88. The van der Waals surface area contributed by atoms with Crippen LogP contribution in [-0.4, -0.2) is 49.5 Å². The molecule has 110 valence electrons. The number of rotatable bonds is 5. The number of likely N-dealkylation sites (tertiary alicyclic amines) is 1. The van der Waals surface area contributed by atoms with Crippen LogP contribution in [0.3, 0.4) is 0 Å². The highest BCUT2D eigenvalue weighted by atomic mass is 16.2. The monoisotopic (exact) mass is 268 g/mol. The molecular formula is C14H28N4O. The summed E-state index contributed by atoms with van der Waals surface area (Å²) in [7, 11) is 0. The molecule has 0 spiro atoms. The van der Waals surface area contributed by atoms with Gasteiger partial charge >= 0.3 is 0 Å². The Morgan fingerprint density at radius 3 is 2.26 bits per heavy atom. The average molecular weight is 268 g/mol. The molecule has 0 radical (unpaired) electrons. The van der Waals surface area contributed by atoms with Crippen molar-refractivity contribution in [1.29, 1.82) is 0 Å². The molecule has 5 heteroatoms. The first-order valence-corrected chi connectivity index (χ1v) is 7.32. The van der Waals surface area contributed by atoms with Gasteiger partial charge in [0, 0.05) is 26.2 Å². The maximum atomic E-state index is 11.9. The van der Waals surface area contributed by atoms with E-state index in [4.69, 9.17) is 0 Å². The normalized spacial score (nSPS) is 16.6. The van der Waals surface area contributed by atoms with E-state index in [1.165, 1.54) is 12.8 Å². The molecule has 19 heavy (non-hydrogen) atoms. The SMILES string of the molecule is CCNC(=O)C(C)(C)CN=C(NCC)N1CCCC1. The van der Waals surface area contributed by atoms with Gasteiger partial charge in [0.25, 0.3) is 0 Å². The van der Waals surface area contributed by atoms with E-state index < -0.39 is 5.41 Å². The van der Waals surface area contributed by atoms with Gasteiger partial charge in [0.2, 0.25) is 5.91 Å². The minimum Gasteiger partial charge on any atom is -0.357 e. The van der Waals surface area contributed by atoms with Gasteiger partial charge < -0.3 is 15.5 Å². The molecule has 1 heterocycles. The molecule has 0 atom stereocenters. The molecule has 1 amide bonds. The zero-order chi connectivity index (χ0) is 14.3. The lowest BCUT2D eigenvalue weighted by Gasteiger charge is -2.25. The summed E-state index contributed by atoms with van der Waals surface area (Å²) in [5.74, 6) is 1.01. The number of nitrogens with one attached hydrogen (secondary N) is 2. The summed E-state index contributed by atoms with van der Waals surface area (Å²) in [5.41, 5.74) is -0.462. The second-order valence-corrected chi connectivity index (χ2v) is 5.61. The molecule has 0 aromatic heterocycles. The fraction of sp³-hybridized carbons (Fsp3) is 0.857. The van der Waals surface area contributed by atoms with E-state index in [1.54, 1.807) is 0 Å². The minimum atomic E-state index is -0.462. The van der Waals surface area contributed by atoms with E-state index in [-0.39, 0.29) is 5.91 Å². The zero-order valence-electron chi connectivity index (χ0n) is 12.8. The zero-order valence-corrected chi connectivity index (χ0v) is 12.8. The molecule has 1 saturated heterocycles. The van der Waals surface area contributed by atoms with Crippen LogP contribution in [0, 0.1) is 5.41 Å². The third-order valence-electron chi connectivity index (χ3n) is 3.32. The van der Waals surface area contributed by atoms with Gasteiger partial charge in [-0.2, -0.15) is 0 Å². The second-order valence-electron chi connectivity index (χ2n) is 5.61. The summed E-state index contributed by atoms with van der Waals surface area (Å²) in [6.45, 7) is 12.0. The van der Waals surface area contributed by atoms with Gasteiger partial charge in [-0.1, -0.05) is 0 Å². The predicted molar refractivity (Wildman–Crippen MR) is 79.3 cm³/mol. The highest BCUT2D eigenvalue weighted by molar-refractivity contribution is 5.83. The largest absolute Gasteiger partial charge is 0.357 e. The van der Waals surface area contributed by atoms with Gasteiger partial charge in [0.1, 0.15) is 0 Å². The van der Waals surface area contributed by atoms with E-state index in [1.807, 2.05) is 20.8 Å². The summed E-state index contributed by atoms with van der Waals surface area (Å²) in [6, 6.07) is 0. The number of carbonyl (C=O) groups is 1. The maximum Gasteiger partial charge on any atom is 0.227 e. The van der Waals surface area contributed by atoms with Gasteiger partial charge in [-0.3, -0.25) is 9.79 Å². The van der Waals surface area contributed by atoms with Gasteiger partial charge in [-0.05, 0) is 40.5 Å². The number of amides is 1. The van der Waals surface area contributed by atoms with Crippen LogP contribution in [-0.2, 0) is 4.79 Å². The first kappa shape index (κ1) is 15.8. The Balaban J connectivity index is 2.65. The van der Waals surface area contributed by atoms with E-state index in [9.17, 15) is 4.79 Å². The lowest BCUT2D eigenvalue weighted by molar-refractivity contribution is -0.128. The molecule has 2 N–H and O–H groups in total. The van der Waals surface area contributed by atoms with E-state index in [0.717, 1.165) is 25.6 Å². The van der Waals surface area contributed by atoms with Crippen LogP contribution in [0.4, 0.5) is 0 Å². The summed E-state index contributed by atoms with van der Waals surface area (Å²) >= 11 is 0. The van der Waals surface area contributed by atoms with Gasteiger partial charge in [-0.25, -0.2) is 0 Å². The predicted octanol–water partition coefficient (Wildman–Crippen LogP) is 1.21. The van der Waals surface area contributed by atoms with Crippen LogP contribution < -0.4 is 10.6 Å². The van der Waals surface area contributed by atoms with Crippen LogP contribution in [0.15, 0.2) is 4.99 Å². The fourth-order valence-electron chi connectivity index (χ4n) is 2.10. The molecule has 0 saturated carbocycles. The van der Waals surface area contributed by atoms with Crippen molar-refractivity contribution in [3.05, 3.63) is 0 Å². The summed E-state index contributed by atoms with van der Waals surface area (Å²) < 4.78 is 0. The van der Waals surface area contributed by atoms with Gasteiger partial charge in [0.05, 0.1) is 12.0 Å². The van der Waals surface area contributed by atoms with Gasteiger partial charge in [-0.15, -0.1) is 0 Å². The van der Waals surface area contributed by atoms with E-state index in [0.29, 0.717) is 13.1 Å². The molecular weight excluding hydrogens is 240 g/mol. The van der Waals surface area contributed by atoms with Gasteiger partial charge in [0.15, 0.2) is 5.96 Å². The Kier molecular flexibility index (Phi) is 6.12. The Labute approximate surface area is 116 Å². The topological polar surface area (TPSA) is 56.7 Å². The van der Waals surface area contributed by atoms with Crippen molar-refractivity contribution in [3.8, 4) is 0 Å². The van der Waals surface area contributed by atoms with Crippen molar-refractivity contribution in [2.45, 2.75) is 40.5 Å². The highest BCUT2D eigenvalue weighted by Crippen LogP contribution is 2.16. The van der Waals surface area contributed by atoms with E-state index >= 15 is 0 Å². The molecule has 0 bridgehead atoms. The number of hydrogen-bond acceptors (Lipinski definition) is 2. The first-order valence-electron chi connectivity index (χ1n) is 7.32. The lowest BCUT2D eigenvalue weighted by Crippen LogP contribution is -2.42. The van der Waals surface area contributed by atoms with Crippen LogP contribution in [0.2, 0.25) is 0 Å². The summed E-state index contributed by atoms with van der Waals surface area (Å²) in [4.78, 5) is 18.9. The number of guanidine groups is 1. The van der Waals surface area contributed by atoms with Crippen molar-refractivity contribution in [2.75, 3.05) is 32.7 Å². The Morgan fingerprint density at radius 2 is 1.74 bits per heavy atom. The minimum absolute atomic E-state index is 0.0658. The number of hydrogen-bond donors (Lipinski definition) is 2. The van der Waals surface area contributed by atoms with E-state index in [2.05, 4.69) is 27.4 Å². The molecule has 1 rings (SSSR count). The highest BCUT2D eigenvalue weighted by Gasteiger charge is 2.27. The Hall–Kier alpha value is -1.26. The van der Waals surface area contributed by atoms with Crippen LogP contribution in [0.25, 0.3) is 0 Å². The van der Waals surface area contributed by atoms with Crippen molar-refractivity contribution < 1.29 is 4.79 Å². The molecule has 0 aromatic carbocycles. The summed E-state index contributed by atoms with van der Waals surface area (Å²) in [5, 5.41) is 6.18. The molecule has 0 aromatic rings. The molecule has 1 aliphatic rings. The molecule has 1 fully saturated rings. The Bertz CT molecular complexity index is 319. The smallest absolute Gasteiger partial charge is 0.227 e. The first-order chi connectivity index (χ1) is 9.01. The number of aliphatic imine (C=N–C) groups is 1. The molecule has 0 aliphatic carbocycles. The molecule has 1 aliphatic heterocycles. The van der Waals surface area contributed by atoms with Crippen molar-refractivity contribution >= 4 is 11.9 Å². The second kappa shape index (κ2) is 7.36. The molecule has 0 unspecified atom stereocenters. The lowest BCUT2D eigenvalue weighted by atomic mass is 9.92. The number of nitrogens with zero attached hydrogens (tertiary/aromatic N) is 2. The number of carbonyl (C=O) groups excluding carboxylic acids is 1. The van der Waals surface area contributed by atoms with Crippen LogP contribution in [0.1, 0.15) is 40.5 Å². The van der Waals surface area contributed by atoms with Crippen LogP contribution >= 0.6 is 0 Å². The molecule has 5 nitrogen and oxygen atoms in total. The van der Waals surface area contributed by atoms with Crippen molar-refractivity contribution in [3.63, 3.8) is 0 Å². The fourth-order valence-corrected chi connectivity index (χ4v) is 2.10. The third-order valence-corrected chi connectivity index (χ3v) is 3.32. The third kappa shape index (κ3) is 4.73. The quantitative estimate of drug-likeness (QED) is 0.582. The Morgan fingerprint density at radius 1 is 1.16 bits per heavy atom. The maximum absolute atomic E-state index is 11.9. The standard InChI is InChI=1S/C14H28N4O/c1-5-15-12(19)14(3,4)11-17-13(16-6-2)18-9-7-8-10-18/h5-11H2,1-4H3,(H,15,19)(H,16,17). The summed E-state index contributed by atoms with van der Waals surface area (Å²) in [6.07, 6.45) is 2.45. The van der Waals surface area contributed by atoms with Crippen molar-refractivity contribution in [1.82, 2.24) is 15.5 Å². The van der Waals surface area contributed by atoms with Crippen molar-refractivity contribution in [2.24, 2.45) is 10.4 Å².